The van der Waals surface area contributed by atoms with Gasteiger partial charge in [-0.15, -0.1) is 10.2 Å². The molecule has 0 aromatic carbocycles. The van der Waals surface area contributed by atoms with Crippen molar-refractivity contribution in [2.24, 2.45) is 23.2 Å². The van der Waals surface area contributed by atoms with Crippen LogP contribution in [0.15, 0.2) is 0 Å². The summed E-state index contributed by atoms with van der Waals surface area (Å²) in [4.78, 5) is 25.1. The number of rotatable bonds is 10. The highest BCUT2D eigenvalue weighted by atomic mass is 32.1. The van der Waals surface area contributed by atoms with E-state index in [0.29, 0.717) is 24.5 Å². The average molecular weight is 419 g/mol. The molecular formula is C22H34N4O2S. The van der Waals surface area contributed by atoms with Crippen molar-refractivity contribution in [1.29, 1.82) is 0 Å². The van der Waals surface area contributed by atoms with Crippen LogP contribution in [0.3, 0.4) is 0 Å². The molecule has 0 radical (unpaired) electrons. The van der Waals surface area contributed by atoms with E-state index in [1.165, 1.54) is 43.4 Å². The van der Waals surface area contributed by atoms with Crippen LogP contribution in [0.25, 0.3) is 0 Å². The molecule has 0 spiro atoms. The number of carbonyl (C=O) groups is 2. The average Bonchev–Trinajstić information content (AvgIpc) is 3.11. The van der Waals surface area contributed by atoms with E-state index in [9.17, 15) is 9.59 Å². The topological polar surface area (TPSA) is 84.0 Å². The number of nitrogens with zero attached hydrogens (tertiary/aromatic N) is 2. The number of nitrogens with one attached hydrogen (secondary N) is 2. The van der Waals surface area contributed by atoms with Crippen LogP contribution in [-0.4, -0.2) is 28.6 Å². The molecular weight excluding hydrogens is 384 g/mol. The Morgan fingerprint density at radius 3 is 2.38 bits per heavy atom. The summed E-state index contributed by atoms with van der Waals surface area (Å²) in [6.45, 7) is 2.75. The monoisotopic (exact) mass is 418 g/mol. The molecule has 4 fully saturated rings. The molecule has 7 heteroatoms. The SMILES string of the molecule is CCCCCc1nnc(NC(=O)CCCNC(=O)C23CC4CC(CC(C4)C2)C3)s1. The summed E-state index contributed by atoms with van der Waals surface area (Å²) in [5.74, 6) is 2.52. The lowest BCUT2D eigenvalue weighted by Gasteiger charge is -2.55. The number of amides is 2. The molecule has 1 heterocycles. The first-order chi connectivity index (χ1) is 14.1. The molecule has 4 bridgehead atoms. The van der Waals surface area contributed by atoms with Crippen LogP contribution in [0.4, 0.5) is 5.13 Å². The number of aromatic nitrogens is 2. The molecule has 0 unspecified atom stereocenters. The summed E-state index contributed by atoms with van der Waals surface area (Å²) < 4.78 is 0. The summed E-state index contributed by atoms with van der Waals surface area (Å²) in [5.41, 5.74) is -0.0995. The van der Waals surface area contributed by atoms with Gasteiger partial charge in [-0.25, -0.2) is 0 Å². The van der Waals surface area contributed by atoms with E-state index < -0.39 is 0 Å². The molecule has 1 aromatic heterocycles. The highest BCUT2D eigenvalue weighted by Gasteiger charge is 2.54. The van der Waals surface area contributed by atoms with Gasteiger partial charge in [-0.05, 0) is 69.1 Å². The van der Waals surface area contributed by atoms with E-state index in [-0.39, 0.29) is 17.2 Å². The van der Waals surface area contributed by atoms with Crippen LogP contribution in [-0.2, 0) is 16.0 Å². The Bertz CT molecular complexity index is 697. The van der Waals surface area contributed by atoms with E-state index in [0.717, 1.165) is 54.9 Å². The standard InChI is InChI=1S/C22H34N4O2S/c1-2-3-4-7-19-25-26-21(29-19)24-18(27)6-5-8-23-20(28)22-12-15-9-16(13-22)11-17(10-15)14-22/h15-17H,2-14H2,1H3,(H,23,28)(H,24,26,27). The molecule has 5 rings (SSSR count). The highest BCUT2D eigenvalue weighted by molar-refractivity contribution is 7.15. The van der Waals surface area contributed by atoms with Crippen molar-refractivity contribution in [2.75, 3.05) is 11.9 Å². The van der Waals surface area contributed by atoms with E-state index in [2.05, 4.69) is 27.8 Å². The minimum Gasteiger partial charge on any atom is -0.356 e. The summed E-state index contributed by atoms with van der Waals surface area (Å²) >= 11 is 1.46. The summed E-state index contributed by atoms with van der Waals surface area (Å²) in [6.07, 6.45) is 12.8. The van der Waals surface area contributed by atoms with Crippen LogP contribution < -0.4 is 10.6 Å². The van der Waals surface area contributed by atoms with Crippen LogP contribution >= 0.6 is 11.3 Å². The Balaban J connectivity index is 1.15. The predicted molar refractivity (Wildman–Crippen MR) is 115 cm³/mol. The first-order valence-electron chi connectivity index (χ1n) is 11.5. The Kier molecular flexibility index (Phi) is 6.52. The molecule has 4 aliphatic carbocycles. The van der Waals surface area contributed by atoms with Crippen LogP contribution in [0.2, 0.25) is 0 Å². The molecule has 2 amide bonds. The van der Waals surface area contributed by atoms with Crippen molar-refractivity contribution in [2.45, 2.75) is 84.0 Å². The van der Waals surface area contributed by atoms with Gasteiger partial charge in [-0.2, -0.15) is 0 Å². The van der Waals surface area contributed by atoms with Crippen molar-refractivity contribution < 1.29 is 9.59 Å². The quantitative estimate of drug-likeness (QED) is 0.554. The molecule has 160 valence electrons. The number of anilines is 1. The number of aryl methyl sites for hydroxylation is 1. The zero-order valence-corrected chi connectivity index (χ0v) is 18.4. The van der Waals surface area contributed by atoms with E-state index in [4.69, 9.17) is 0 Å². The van der Waals surface area contributed by atoms with Gasteiger partial charge in [0.1, 0.15) is 5.01 Å². The van der Waals surface area contributed by atoms with Crippen LogP contribution in [0.1, 0.15) is 82.6 Å². The number of unbranched alkanes of at least 4 members (excludes halogenated alkanes) is 2. The Hall–Kier alpha value is -1.50. The van der Waals surface area contributed by atoms with Crippen LogP contribution in [0, 0.1) is 23.2 Å². The summed E-state index contributed by atoms with van der Waals surface area (Å²) in [5, 5.41) is 15.8. The van der Waals surface area contributed by atoms with Gasteiger partial charge < -0.3 is 10.6 Å². The fraction of sp³-hybridized carbons (Fsp3) is 0.818. The van der Waals surface area contributed by atoms with Crippen molar-refractivity contribution >= 4 is 28.3 Å². The molecule has 29 heavy (non-hydrogen) atoms. The van der Waals surface area contributed by atoms with Gasteiger partial charge in [-0.3, -0.25) is 9.59 Å². The van der Waals surface area contributed by atoms with Gasteiger partial charge in [0.05, 0.1) is 0 Å². The fourth-order valence-electron chi connectivity index (χ4n) is 6.14. The maximum absolute atomic E-state index is 12.9. The third-order valence-electron chi connectivity index (χ3n) is 7.09. The lowest BCUT2D eigenvalue weighted by atomic mass is 9.49. The molecule has 0 aliphatic heterocycles. The second kappa shape index (κ2) is 9.11. The second-order valence-corrected chi connectivity index (χ2v) is 10.6. The van der Waals surface area contributed by atoms with E-state index >= 15 is 0 Å². The highest BCUT2D eigenvalue weighted by Crippen LogP contribution is 2.60. The van der Waals surface area contributed by atoms with Gasteiger partial charge in [0.15, 0.2) is 0 Å². The number of carbonyl (C=O) groups excluding carboxylic acids is 2. The minimum atomic E-state index is -0.0995. The number of hydrogen-bond acceptors (Lipinski definition) is 5. The molecule has 6 nitrogen and oxygen atoms in total. The third-order valence-corrected chi connectivity index (χ3v) is 7.99. The van der Waals surface area contributed by atoms with Crippen molar-refractivity contribution in [3.8, 4) is 0 Å². The normalized spacial score (nSPS) is 29.8. The van der Waals surface area contributed by atoms with Gasteiger partial charge in [0.25, 0.3) is 0 Å². The summed E-state index contributed by atoms with van der Waals surface area (Å²) in [6, 6.07) is 0. The molecule has 4 aliphatic rings. The molecule has 0 saturated heterocycles. The predicted octanol–water partition coefficient (Wildman–Crippen LogP) is 4.32. The van der Waals surface area contributed by atoms with Gasteiger partial charge in [-0.1, -0.05) is 31.1 Å². The molecule has 1 aromatic rings. The zero-order chi connectivity index (χ0) is 20.3. The van der Waals surface area contributed by atoms with Crippen molar-refractivity contribution in [1.82, 2.24) is 15.5 Å². The first kappa shape index (κ1) is 20.8. The lowest BCUT2D eigenvalue weighted by Crippen LogP contribution is -2.53. The summed E-state index contributed by atoms with van der Waals surface area (Å²) in [7, 11) is 0. The van der Waals surface area contributed by atoms with Crippen molar-refractivity contribution in [3.05, 3.63) is 5.01 Å². The van der Waals surface area contributed by atoms with Gasteiger partial charge in [0.2, 0.25) is 16.9 Å². The molecule has 4 saturated carbocycles. The Morgan fingerprint density at radius 2 is 1.72 bits per heavy atom. The first-order valence-corrected chi connectivity index (χ1v) is 12.3. The second-order valence-electron chi connectivity index (χ2n) is 9.56. The van der Waals surface area contributed by atoms with Crippen molar-refractivity contribution in [3.63, 3.8) is 0 Å². The fourth-order valence-corrected chi connectivity index (χ4v) is 6.94. The lowest BCUT2D eigenvalue weighted by molar-refractivity contribution is -0.146. The van der Waals surface area contributed by atoms with Gasteiger partial charge in [0, 0.05) is 24.8 Å². The maximum Gasteiger partial charge on any atom is 0.226 e. The molecule has 0 atom stereocenters. The Morgan fingerprint density at radius 1 is 1.03 bits per heavy atom. The zero-order valence-electron chi connectivity index (χ0n) is 17.5. The van der Waals surface area contributed by atoms with Gasteiger partial charge >= 0.3 is 0 Å². The Labute approximate surface area is 177 Å². The molecule has 2 N–H and O–H groups in total. The van der Waals surface area contributed by atoms with E-state index in [1.54, 1.807) is 0 Å². The van der Waals surface area contributed by atoms with E-state index in [1.807, 2.05) is 0 Å². The number of hydrogen-bond donors (Lipinski definition) is 2. The third kappa shape index (κ3) is 4.98. The van der Waals surface area contributed by atoms with Crippen LogP contribution in [0.5, 0.6) is 0 Å². The maximum atomic E-state index is 12.9. The smallest absolute Gasteiger partial charge is 0.226 e. The minimum absolute atomic E-state index is 0.0506. The largest absolute Gasteiger partial charge is 0.356 e.